The van der Waals surface area contributed by atoms with Crippen LogP contribution in [0.1, 0.15) is 43.3 Å². The largest absolute Gasteiger partial charge is 0.341 e. The minimum absolute atomic E-state index is 0.930. The second-order valence-corrected chi connectivity index (χ2v) is 3.75. The van der Waals surface area contributed by atoms with Gasteiger partial charge in [-0.05, 0) is 32.9 Å². The molecular weight excluding hydrogens is 206 g/mol. The summed E-state index contributed by atoms with van der Waals surface area (Å²) in [4.78, 5) is 0. The lowest BCUT2D eigenvalue weighted by molar-refractivity contribution is 0.753. The van der Waals surface area contributed by atoms with Gasteiger partial charge in [0.15, 0.2) is 0 Å². The Balaban J connectivity index is 3.69. The van der Waals surface area contributed by atoms with Gasteiger partial charge in [-0.15, -0.1) is 0 Å². The van der Waals surface area contributed by atoms with Crippen molar-refractivity contribution in [3.8, 4) is 0 Å². The van der Waals surface area contributed by atoms with Crippen LogP contribution in [0, 0.1) is 0 Å². The molecule has 1 nitrogen and oxygen atoms in total. The van der Waals surface area contributed by atoms with E-state index in [1.807, 2.05) is 26.0 Å². The molecule has 0 amide bonds. The summed E-state index contributed by atoms with van der Waals surface area (Å²) < 4.78 is 2.26. The Bertz CT molecular complexity index is 470. The number of nitrogens with zero attached hydrogens (tertiary/aromatic N) is 1. The number of aromatic nitrogens is 1. The molecule has 0 atom stereocenters. The van der Waals surface area contributed by atoms with Crippen LogP contribution in [-0.2, 0) is 6.54 Å². The highest BCUT2D eigenvalue weighted by Crippen LogP contribution is 2.28. The first kappa shape index (κ1) is 13.3. The molecule has 0 radical (unpaired) electrons. The zero-order chi connectivity index (χ0) is 12.8. The van der Waals surface area contributed by atoms with Crippen LogP contribution in [0.3, 0.4) is 0 Å². The molecule has 1 rings (SSSR count). The van der Waals surface area contributed by atoms with Gasteiger partial charge in [0.1, 0.15) is 0 Å². The van der Waals surface area contributed by atoms with Crippen molar-refractivity contribution in [2.75, 3.05) is 0 Å². The molecule has 0 N–H and O–H groups in total. The van der Waals surface area contributed by atoms with E-state index in [2.05, 4.69) is 49.0 Å². The summed E-state index contributed by atoms with van der Waals surface area (Å²) in [6.07, 6.45) is 12.2. The van der Waals surface area contributed by atoms with E-state index in [4.69, 9.17) is 0 Å². The lowest BCUT2D eigenvalue weighted by atomic mass is 10.1. The Kier molecular flexibility index (Phi) is 4.77. The third kappa shape index (κ3) is 2.33. The summed E-state index contributed by atoms with van der Waals surface area (Å²) in [5, 5.41) is 0. The first-order chi connectivity index (χ1) is 8.24. The van der Waals surface area contributed by atoms with Crippen LogP contribution in [0.4, 0.5) is 0 Å². The predicted octanol–water partition coefficient (Wildman–Crippen LogP) is 4.86. The van der Waals surface area contributed by atoms with Crippen LogP contribution in [0.2, 0.25) is 0 Å². The van der Waals surface area contributed by atoms with Crippen LogP contribution in [0.25, 0.3) is 24.3 Å². The average molecular weight is 227 g/mol. The molecule has 0 spiro atoms. The van der Waals surface area contributed by atoms with Gasteiger partial charge in [-0.1, -0.05) is 37.5 Å². The fourth-order valence-electron chi connectivity index (χ4n) is 2.15. The minimum atomic E-state index is 0.930. The van der Waals surface area contributed by atoms with E-state index in [9.17, 15) is 0 Å². The van der Waals surface area contributed by atoms with E-state index in [-0.39, 0.29) is 0 Å². The monoisotopic (exact) mass is 227 g/mol. The highest BCUT2D eigenvalue weighted by Gasteiger charge is 2.14. The lowest BCUT2D eigenvalue weighted by Crippen LogP contribution is -1.99. The Labute approximate surface area is 104 Å². The minimum Gasteiger partial charge on any atom is -0.341 e. The van der Waals surface area contributed by atoms with Gasteiger partial charge in [-0.2, -0.15) is 0 Å². The standard InChI is InChI=1S/C16H21N/c1-6-11-14-13(8-3)15(9-4)17(10-5)16(14)12-7-2/h6-9,11-12H,3-4,10H2,1-2,5H3/b11-6-,12-7-. The summed E-state index contributed by atoms with van der Waals surface area (Å²) >= 11 is 0. The van der Waals surface area contributed by atoms with E-state index in [0.717, 1.165) is 17.8 Å². The molecule has 0 unspecified atom stereocenters. The van der Waals surface area contributed by atoms with E-state index >= 15 is 0 Å². The van der Waals surface area contributed by atoms with Crippen LogP contribution < -0.4 is 0 Å². The number of hydrogen-bond acceptors (Lipinski definition) is 0. The van der Waals surface area contributed by atoms with Crippen molar-refractivity contribution in [3.63, 3.8) is 0 Å². The second kappa shape index (κ2) is 6.09. The zero-order valence-corrected chi connectivity index (χ0v) is 11.0. The average Bonchev–Trinajstić information content (AvgIpc) is 2.63. The van der Waals surface area contributed by atoms with Gasteiger partial charge in [0.25, 0.3) is 0 Å². The summed E-state index contributed by atoms with van der Waals surface area (Å²) in [6.45, 7) is 15.0. The molecule has 0 saturated heterocycles. The molecule has 0 aliphatic carbocycles. The molecule has 90 valence electrons. The maximum Gasteiger partial charge on any atom is 0.0487 e. The van der Waals surface area contributed by atoms with Crippen molar-refractivity contribution in [2.24, 2.45) is 0 Å². The molecule has 1 heterocycles. The Hall–Kier alpha value is -1.76. The van der Waals surface area contributed by atoms with Crippen molar-refractivity contribution >= 4 is 24.3 Å². The van der Waals surface area contributed by atoms with Crippen molar-refractivity contribution < 1.29 is 0 Å². The number of rotatable bonds is 5. The molecule has 1 aromatic heterocycles. The topological polar surface area (TPSA) is 4.93 Å². The zero-order valence-electron chi connectivity index (χ0n) is 11.0. The molecule has 0 aromatic carbocycles. The normalized spacial score (nSPS) is 11.5. The smallest absolute Gasteiger partial charge is 0.0487 e. The Morgan fingerprint density at radius 3 is 2.00 bits per heavy atom. The summed E-state index contributed by atoms with van der Waals surface area (Å²) in [6, 6.07) is 0. The molecule has 0 bridgehead atoms. The maximum absolute atomic E-state index is 3.91. The molecule has 0 aliphatic heterocycles. The number of allylic oxidation sites excluding steroid dienone is 2. The summed E-state index contributed by atoms with van der Waals surface area (Å²) in [5.74, 6) is 0. The molecule has 0 saturated carbocycles. The van der Waals surface area contributed by atoms with Gasteiger partial charge in [0, 0.05) is 29.1 Å². The van der Waals surface area contributed by atoms with E-state index in [1.165, 1.54) is 11.3 Å². The van der Waals surface area contributed by atoms with Crippen molar-refractivity contribution in [1.82, 2.24) is 4.57 Å². The third-order valence-electron chi connectivity index (χ3n) is 2.80. The summed E-state index contributed by atoms with van der Waals surface area (Å²) in [7, 11) is 0. The van der Waals surface area contributed by atoms with Gasteiger partial charge in [0.05, 0.1) is 0 Å². The lowest BCUT2D eigenvalue weighted by Gasteiger charge is -2.06. The highest BCUT2D eigenvalue weighted by molar-refractivity contribution is 5.78. The quantitative estimate of drug-likeness (QED) is 0.677. The van der Waals surface area contributed by atoms with Crippen LogP contribution in [-0.4, -0.2) is 4.57 Å². The van der Waals surface area contributed by atoms with Gasteiger partial charge >= 0.3 is 0 Å². The van der Waals surface area contributed by atoms with Crippen LogP contribution >= 0.6 is 0 Å². The van der Waals surface area contributed by atoms with Crippen molar-refractivity contribution in [2.45, 2.75) is 27.3 Å². The van der Waals surface area contributed by atoms with E-state index < -0.39 is 0 Å². The fraction of sp³-hybridized carbons (Fsp3) is 0.250. The van der Waals surface area contributed by atoms with Crippen molar-refractivity contribution in [1.29, 1.82) is 0 Å². The number of hydrogen-bond donors (Lipinski definition) is 0. The molecule has 0 fully saturated rings. The molecule has 1 heteroatoms. The van der Waals surface area contributed by atoms with Gasteiger partial charge in [-0.25, -0.2) is 0 Å². The van der Waals surface area contributed by atoms with E-state index in [1.54, 1.807) is 0 Å². The predicted molar refractivity (Wildman–Crippen MR) is 79.7 cm³/mol. The van der Waals surface area contributed by atoms with Crippen LogP contribution in [0.15, 0.2) is 25.3 Å². The second-order valence-electron chi connectivity index (χ2n) is 3.75. The SMILES string of the molecule is C=Cc1c(/C=C\C)c(/C=C\C)n(CC)c1C=C. The molecule has 1 aromatic rings. The first-order valence-electron chi connectivity index (χ1n) is 6.01. The van der Waals surface area contributed by atoms with Gasteiger partial charge < -0.3 is 4.57 Å². The Morgan fingerprint density at radius 2 is 1.59 bits per heavy atom. The Morgan fingerprint density at radius 1 is 0.941 bits per heavy atom. The van der Waals surface area contributed by atoms with Gasteiger partial charge in [0.2, 0.25) is 0 Å². The first-order valence-corrected chi connectivity index (χ1v) is 6.01. The molecular formula is C16H21N. The fourth-order valence-corrected chi connectivity index (χ4v) is 2.15. The molecule has 17 heavy (non-hydrogen) atoms. The van der Waals surface area contributed by atoms with Gasteiger partial charge in [-0.3, -0.25) is 0 Å². The maximum atomic E-state index is 3.91. The summed E-state index contributed by atoms with van der Waals surface area (Å²) in [5.41, 5.74) is 4.74. The molecule has 0 aliphatic rings. The van der Waals surface area contributed by atoms with Crippen molar-refractivity contribution in [3.05, 3.63) is 47.8 Å². The van der Waals surface area contributed by atoms with E-state index in [0.29, 0.717) is 0 Å². The van der Waals surface area contributed by atoms with Crippen LogP contribution in [0.5, 0.6) is 0 Å². The highest BCUT2D eigenvalue weighted by atomic mass is 15.0. The third-order valence-corrected chi connectivity index (χ3v) is 2.80.